The summed E-state index contributed by atoms with van der Waals surface area (Å²) in [4.78, 5) is 10.5. The van der Waals surface area contributed by atoms with E-state index in [1.807, 2.05) is 18.4 Å². The number of nitrogens with one attached hydrogen (secondary N) is 1. The third-order valence-corrected chi connectivity index (χ3v) is 2.90. The van der Waals surface area contributed by atoms with Crippen molar-refractivity contribution in [1.29, 1.82) is 0 Å². The number of methoxy groups -OCH3 is 1. The summed E-state index contributed by atoms with van der Waals surface area (Å²) in [5.74, 6) is 0.0967. The molecule has 0 fully saturated rings. The van der Waals surface area contributed by atoms with Gasteiger partial charge in [-0.2, -0.15) is 0 Å². The molecule has 1 aliphatic heterocycles. The summed E-state index contributed by atoms with van der Waals surface area (Å²) in [7, 11) is 1.65. The summed E-state index contributed by atoms with van der Waals surface area (Å²) in [5, 5.41) is 11.9. The summed E-state index contributed by atoms with van der Waals surface area (Å²) in [6.45, 7) is 0. The predicted octanol–water partition coefficient (Wildman–Crippen LogP) is 1.57. The quantitative estimate of drug-likeness (QED) is 0.756. The van der Waals surface area contributed by atoms with E-state index in [0.717, 1.165) is 17.8 Å². The van der Waals surface area contributed by atoms with Crippen LogP contribution in [0.2, 0.25) is 0 Å². The van der Waals surface area contributed by atoms with Crippen LogP contribution in [0.1, 0.15) is 19.3 Å². The first-order valence-electron chi connectivity index (χ1n) is 5.33. The fourth-order valence-electron chi connectivity index (χ4n) is 2.03. The number of ether oxygens (including phenoxy) is 1. The van der Waals surface area contributed by atoms with E-state index in [4.69, 9.17) is 9.84 Å². The summed E-state index contributed by atoms with van der Waals surface area (Å²) in [6, 6.07) is 0.294. The molecule has 4 nitrogen and oxygen atoms in total. The van der Waals surface area contributed by atoms with Gasteiger partial charge < -0.3 is 15.2 Å². The molecular weight excluding hydrogens is 206 g/mol. The van der Waals surface area contributed by atoms with Crippen LogP contribution in [0.4, 0.5) is 0 Å². The van der Waals surface area contributed by atoms with Gasteiger partial charge in [0.1, 0.15) is 5.76 Å². The fraction of sp³-hybridized carbons (Fsp3) is 0.417. The molecule has 4 heteroatoms. The van der Waals surface area contributed by atoms with Crippen LogP contribution in [-0.2, 0) is 9.53 Å². The average Bonchev–Trinajstić information content (AvgIpc) is 2.68. The molecule has 0 spiro atoms. The van der Waals surface area contributed by atoms with E-state index in [0.29, 0.717) is 12.5 Å². The Hall–Kier alpha value is -1.71. The molecule has 0 aromatic rings. The van der Waals surface area contributed by atoms with E-state index in [-0.39, 0.29) is 6.42 Å². The third kappa shape index (κ3) is 2.10. The van der Waals surface area contributed by atoms with Crippen molar-refractivity contribution >= 4 is 5.97 Å². The van der Waals surface area contributed by atoms with Crippen molar-refractivity contribution in [2.24, 2.45) is 0 Å². The highest BCUT2D eigenvalue weighted by molar-refractivity contribution is 5.67. The van der Waals surface area contributed by atoms with Crippen LogP contribution >= 0.6 is 0 Å². The molecular formula is C12H15NO3. The maximum Gasteiger partial charge on any atom is 0.303 e. The molecule has 0 radical (unpaired) electrons. The van der Waals surface area contributed by atoms with Crippen LogP contribution < -0.4 is 5.32 Å². The first kappa shape index (κ1) is 10.8. The molecule has 0 amide bonds. The Morgan fingerprint density at radius 1 is 1.69 bits per heavy atom. The molecule has 0 aromatic carbocycles. The van der Waals surface area contributed by atoms with Gasteiger partial charge in [-0.25, -0.2) is 0 Å². The molecule has 0 saturated carbocycles. The van der Waals surface area contributed by atoms with Gasteiger partial charge in [-0.1, -0.05) is 0 Å². The number of carbonyl (C=O) groups is 1. The van der Waals surface area contributed by atoms with Crippen molar-refractivity contribution in [3.8, 4) is 0 Å². The smallest absolute Gasteiger partial charge is 0.303 e. The highest BCUT2D eigenvalue weighted by atomic mass is 16.5. The van der Waals surface area contributed by atoms with E-state index in [1.54, 1.807) is 7.11 Å². The lowest BCUT2D eigenvalue weighted by Gasteiger charge is -2.18. The lowest BCUT2D eigenvalue weighted by molar-refractivity contribution is -0.136. The van der Waals surface area contributed by atoms with Gasteiger partial charge in [-0.15, -0.1) is 0 Å². The SMILES string of the molecule is COC1=CCC2NC=C(CCC(=O)O)C2=C1. The molecule has 1 heterocycles. The zero-order valence-corrected chi connectivity index (χ0v) is 9.19. The minimum atomic E-state index is -0.761. The summed E-state index contributed by atoms with van der Waals surface area (Å²) >= 11 is 0. The van der Waals surface area contributed by atoms with Crippen LogP contribution in [0.3, 0.4) is 0 Å². The summed E-state index contributed by atoms with van der Waals surface area (Å²) < 4.78 is 5.19. The summed E-state index contributed by atoms with van der Waals surface area (Å²) in [6.07, 6.45) is 7.58. The van der Waals surface area contributed by atoms with Gasteiger partial charge in [0.05, 0.1) is 13.2 Å². The average molecular weight is 221 g/mol. The van der Waals surface area contributed by atoms with Crippen molar-refractivity contribution in [2.45, 2.75) is 25.3 Å². The highest BCUT2D eigenvalue weighted by Gasteiger charge is 2.25. The van der Waals surface area contributed by atoms with E-state index >= 15 is 0 Å². The topological polar surface area (TPSA) is 58.6 Å². The molecule has 0 aromatic heterocycles. The Balaban J connectivity index is 2.08. The molecule has 1 unspecified atom stereocenters. The Labute approximate surface area is 94.3 Å². The molecule has 86 valence electrons. The lowest BCUT2D eigenvalue weighted by Crippen LogP contribution is -2.22. The number of carboxylic acids is 1. The van der Waals surface area contributed by atoms with Crippen molar-refractivity contribution in [1.82, 2.24) is 5.32 Å². The number of aliphatic carboxylic acids is 1. The second kappa shape index (κ2) is 4.43. The number of hydrogen-bond donors (Lipinski definition) is 2. The zero-order valence-electron chi connectivity index (χ0n) is 9.19. The van der Waals surface area contributed by atoms with Gasteiger partial charge in [0.25, 0.3) is 0 Å². The van der Waals surface area contributed by atoms with Crippen molar-refractivity contribution in [3.63, 3.8) is 0 Å². The number of allylic oxidation sites excluding steroid dienone is 1. The molecule has 1 aliphatic carbocycles. The number of rotatable bonds is 4. The normalized spacial score (nSPS) is 22.6. The van der Waals surface area contributed by atoms with E-state index < -0.39 is 5.97 Å². The fourth-order valence-corrected chi connectivity index (χ4v) is 2.03. The van der Waals surface area contributed by atoms with Gasteiger partial charge in [0, 0.05) is 12.6 Å². The van der Waals surface area contributed by atoms with Crippen LogP contribution in [0.25, 0.3) is 0 Å². The van der Waals surface area contributed by atoms with Gasteiger partial charge in [-0.05, 0) is 36.1 Å². The molecule has 0 bridgehead atoms. The molecule has 2 rings (SSSR count). The maximum absolute atomic E-state index is 10.5. The van der Waals surface area contributed by atoms with E-state index in [1.165, 1.54) is 5.57 Å². The Morgan fingerprint density at radius 2 is 2.50 bits per heavy atom. The van der Waals surface area contributed by atoms with E-state index in [9.17, 15) is 4.79 Å². The first-order chi connectivity index (χ1) is 7.70. The van der Waals surface area contributed by atoms with E-state index in [2.05, 4.69) is 5.32 Å². The first-order valence-corrected chi connectivity index (χ1v) is 5.33. The summed E-state index contributed by atoms with van der Waals surface area (Å²) in [5.41, 5.74) is 2.25. The zero-order chi connectivity index (χ0) is 11.5. The largest absolute Gasteiger partial charge is 0.497 e. The molecule has 0 saturated heterocycles. The molecule has 2 aliphatic rings. The van der Waals surface area contributed by atoms with Crippen molar-refractivity contribution in [3.05, 3.63) is 35.3 Å². The van der Waals surface area contributed by atoms with Crippen molar-refractivity contribution < 1.29 is 14.6 Å². The Bertz CT molecular complexity index is 393. The number of carboxylic acid groups (broad SMARTS) is 1. The maximum atomic E-state index is 10.5. The van der Waals surface area contributed by atoms with Gasteiger partial charge in [-0.3, -0.25) is 4.79 Å². The van der Waals surface area contributed by atoms with Crippen molar-refractivity contribution in [2.75, 3.05) is 7.11 Å². The molecule has 1 atom stereocenters. The highest BCUT2D eigenvalue weighted by Crippen LogP contribution is 2.30. The second-order valence-corrected chi connectivity index (χ2v) is 3.93. The van der Waals surface area contributed by atoms with Gasteiger partial charge in [0.15, 0.2) is 0 Å². The number of fused-ring (bicyclic) bond motifs is 1. The minimum Gasteiger partial charge on any atom is -0.497 e. The Kier molecular flexibility index (Phi) is 2.99. The minimum absolute atomic E-state index is 0.170. The lowest BCUT2D eigenvalue weighted by atomic mass is 9.93. The monoisotopic (exact) mass is 221 g/mol. The second-order valence-electron chi connectivity index (χ2n) is 3.93. The molecule has 16 heavy (non-hydrogen) atoms. The standard InChI is InChI=1S/C12H15NO3/c1-16-9-3-4-11-10(6-9)8(7-13-11)2-5-12(14)15/h3,6-7,11,13H,2,4-5H2,1H3,(H,14,15). The van der Waals surface area contributed by atoms with Gasteiger partial charge in [0.2, 0.25) is 0 Å². The van der Waals surface area contributed by atoms with Crippen LogP contribution in [-0.4, -0.2) is 24.2 Å². The third-order valence-electron chi connectivity index (χ3n) is 2.90. The van der Waals surface area contributed by atoms with Gasteiger partial charge >= 0.3 is 5.97 Å². The Morgan fingerprint density at radius 3 is 3.19 bits per heavy atom. The van der Waals surface area contributed by atoms with Crippen LogP contribution in [0.15, 0.2) is 35.3 Å². The molecule has 2 N–H and O–H groups in total. The van der Waals surface area contributed by atoms with Crippen LogP contribution in [0, 0.1) is 0 Å². The predicted molar refractivity (Wildman–Crippen MR) is 59.7 cm³/mol. The van der Waals surface area contributed by atoms with Crippen LogP contribution in [0.5, 0.6) is 0 Å². The number of hydrogen-bond acceptors (Lipinski definition) is 3.